The highest BCUT2D eigenvalue weighted by Gasteiger charge is 2.43. The number of nitro benzene ring substituents is 1. The van der Waals surface area contributed by atoms with Crippen LogP contribution < -0.4 is 0 Å². The number of nitro groups is 1. The second-order valence-corrected chi connectivity index (χ2v) is 5.57. The van der Waals surface area contributed by atoms with Gasteiger partial charge in [0.2, 0.25) is 0 Å². The van der Waals surface area contributed by atoms with E-state index in [9.17, 15) is 20.3 Å². The molecule has 1 fully saturated rings. The number of benzene rings is 1. The van der Waals surface area contributed by atoms with E-state index >= 15 is 0 Å². The summed E-state index contributed by atoms with van der Waals surface area (Å²) in [5.74, 6) is 0. The molecule has 0 amide bonds. The Balaban J connectivity index is 0.000000189. The Morgan fingerprint density at radius 1 is 1.31 bits per heavy atom. The molecule has 10 heteroatoms. The summed E-state index contributed by atoms with van der Waals surface area (Å²) < 4.78 is 14.7. The van der Waals surface area contributed by atoms with E-state index in [1.54, 1.807) is 18.3 Å². The van der Waals surface area contributed by atoms with Gasteiger partial charge in [-0.2, -0.15) is 0 Å². The lowest BCUT2D eigenvalue weighted by molar-refractivity contribution is -0.384. The normalized spacial score (nSPS) is 25.1. The number of fused-ring (bicyclic) bond motifs is 1. The Labute approximate surface area is 149 Å². The zero-order chi connectivity index (χ0) is 19.1. The minimum Gasteiger partial charge on any atom is -0.394 e. The van der Waals surface area contributed by atoms with E-state index < -0.39 is 29.5 Å². The molecule has 144 valence electrons. The van der Waals surface area contributed by atoms with Crippen LogP contribution in [0.25, 0.3) is 10.9 Å². The van der Waals surface area contributed by atoms with Crippen molar-refractivity contribution in [3.05, 3.63) is 40.6 Å². The zero-order valence-electron chi connectivity index (χ0n) is 14.1. The van der Waals surface area contributed by atoms with Gasteiger partial charge in [0.05, 0.1) is 24.7 Å². The van der Waals surface area contributed by atoms with Gasteiger partial charge < -0.3 is 34.5 Å². The van der Waals surface area contributed by atoms with Crippen LogP contribution in [0.3, 0.4) is 0 Å². The fourth-order valence-electron chi connectivity index (χ4n) is 2.47. The number of H-pyrrole nitrogens is 1. The Hall–Kier alpha value is -2.08. The van der Waals surface area contributed by atoms with E-state index in [1.807, 2.05) is 6.07 Å². The van der Waals surface area contributed by atoms with Crippen molar-refractivity contribution in [1.29, 1.82) is 0 Å². The van der Waals surface area contributed by atoms with Gasteiger partial charge in [-0.15, -0.1) is 0 Å². The first-order valence-corrected chi connectivity index (χ1v) is 7.92. The molecule has 0 radical (unpaired) electrons. The van der Waals surface area contributed by atoms with Crippen LogP contribution in [0, 0.1) is 10.1 Å². The first kappa shape index (κ1) is 20.2. The predicted octanol–water partition coefficient (Wildman–Crippen LogP) is 0.165. The smallest absolute Gasteiger partial charge is 0.270 e. The highest BCUT2D eigenvalue weighted by molar-refractivity contribution is 5.81. The molecule has 0 spiro atoms. The largest absolute Gasteiger partial charge is 0.394 e. The van der Waals surface area contributed by atoms with Crippen LogP contribution in [0.2, 0.25) is 0 Å². The number of hydrogen-bond donors (Lipinski definition) is 4. The van der Waals surface area contributed by atoms with E-state index in [0.29, 0.717) is 6.61 Å². The summed E-state index contributed by atoms with van der Waals surface area (Å²) in [6.07, 6.45) is -2.04. The summed E-state index contributed by atoms with van der Waals surface area (Å²) in [7, 11) is 1.53. The molecule has 0 bridgehead atoms. The summed E-state index contributed by atoms with van der Waals surface area (Å²) in [6, 6.07) is 6.54. The number of aliphatic hydroxyl groups is 3. The SMILES string of the molecule is COCCO[C@H]1C(O)O[C@H](CO)[C@H]1O.O=[N+]([O-])c1ccc2[nH]ccc2c1. The molecule has 4 N–H and O–H groups in total. The Morgan fingerprint density at radius 2 is 2.08 bits per heavy atom. The quantitative estimate of drug-likeness (QED) is 0.319. The minimum atomic E-state index is -1.20. The molecule has 2 aromatic rings. The molecule has 0 aliphatic carbocycles. The lowest BCUT2D eigenvalue weighted by Gasteiger charge is -2.17. The van der Waals surface area contributed by atoms with Crippen LogP contribution in [-0.2, 0) is 14.2 Å². The first-order valence-electron chi connectivity index (χ1n) is 7.92. The van der Waals surface area contributed by atoms with Crippen molar-refractivity contribution in [3.63, 3.8) is 0 Å². The molecular formula is C16H22N2O8. The molecule has 26 heavy (non-hydrogen) atoms. The van der Waals surface area contributed by atoms with Gasteiger partial charge >= 0.3 is 0 Å². The zero-order valence-corrected chi connectivity index (χ0v) is 14.1. The molecule has 1 aromatic heterocycles. The number of methoxy groups -OCH3 is 1. The van der Waals surface area contributed by atoms with Crippen molar-refractivity contribution in [2.75, 3.05) is 26.9 Å². The van der Waals surface area contributed by atoms with E-state index in [-0.39, 0.29) is 18.9 Å². The molecule has 0 saturated carbocycles. The molecule has 4 atom stereocenters. The van der Waals surface area contributed by atoms with Gasteiger partial charge in [0.1, 0.15) is 18.3 Å². The number of aromatic nitrogens is 1. The third-order valence-corrected chi connectivity index (χ3v) is 3.84. The number of aliphatic hydroxyl groups excluding tert-OH is 3. The lowest BCUT2D eigenvalue weighted by Crippen LogP contribution is -2.37. The average molecular weight is 370 g/mol. The summed E-state index contributed by atoms with van der Waals surface area (Å²) in [6.45, 7) is 0.291. The number of rotatable bonds is 6. The Kier molecular flexibility index (Phi) is 7.45. The Bertz CT molecular complexity index is 706. The van der Waals surface area contributed by atoms with E-state index in [0.717, 1.165) is 10.9 Å². The number of hydrogen-bond acceptors (Lipinski definition) is 8. The number of non-ortho nitro benzene ring substituents is 1. The molecule has 1 unspecified atom stereocenters. The molecule has 2 heterocycles. The van der Waals surface area contributed by atoms with Crippen LogP contribution in [-0.4, -0.2) is 76.8 Å². The molecule has 1 saturated heterocycles. The summed E-state index contributed by atoms with van der Waals surface area (Å²) >= 11 is 0. The number of nitrogens with one attached hydrogen (secondary N) is 1. The third kappa shape index (κ3) is 4.97. The van der Waals surface area contributed by atoms with Crippen molar-refractivity contribution in [1.82, 2.24) is 4.98 Å². The summed E-state index contributed by atoms with van der Waals surface area (Å²) in [5, 5.41) is 38.8. The summed E-state index contributed by atoms with van der Waals surface area (Å²) in [5.41, 5.74) is 1.04. The van der Waals surface area contributed by atoms with Gasteiger partial charge in [-0.1, -0.05) is 0 Å². The number of aromatic amines is 1. The maximum absolute atomic E-state index is 10.4. The second-order valence-electron chi connectivity index (χ2n) is 5.57. The molecule has 3 rings (SSSR count). The topological polar surface area (TPSA) is 147 Å². The van der Waals surface area contributed by atoms with Crippen molar-refractivity contribution in [2.24, 2.45) is 0 Å². The van der Waals surface area contributed by atoms with Crippen LogP contribution in [0.4, 0.5) is 5.69 Å². The maximum atomic E-state index is 10.4. The Morgan fingerprint density at radius 3 is 2.69 bits per heavy atom. The molecule has 1 aliphatic rings. The van der Waals surface area contributed by atoms with Crippen LogP contribution >= 0.6 is 0 Å². The van der Waals surface area contributed by atoms with E-state index in [4.69, 9.17) is 19.3 Å². The highest BCUT2D eigenvalue weighted by atomic mass is 16.7. The van der Waals surface area contributed by atoms with Gasteiger partial charge in [0.15, 0.2) is 6.29 Å². The lowest BCUT2D eigenvalue weighted by atomic mass is 10.1. The molecule has 10 nitrogen and oxygen atoms in total. The fourth-order valence-corrected chi connectivity index (χ4v) is 2.47. The fraction of sp³-hybridized carbons (Fsp3) is 0.500. The van der Waals surface area contributed by atoms with E-state index in [2.05, 4.69) is 4.98 Å². The van der Waals surface area contributed by atoms with Crippen LogP contribution in [0.5, 0.6) is 0 Å². The van der Waals surface area contributed by atoms with Gasteiger partial charge in [-0.3, -0.25) is 10.1 Å². The van der Waals surface area contributed by atoms with Gasteiger partial charge in [0.25, 0.3) is 5.69 Å². The van der Waals surface area contributed by atoms with Crippen molar-refractivity contribution in [3.8, 4) is 0 Å². The van der Waals surface area contributed by atoms with Crippen molar-refractivity contribution in [2.45, 2.75) is 24.6 Å². The van der Waals surface area contributed by atoms with Gasteiger partial charge in [-0.05, 0) is 12.1 Å². The standard InChI is InChI=1S/C8H6N2O2.C8H16O6/c11-10(12)7-1-2-8-6(5-7)3-4-9-8;1-12-2-3-13-7-6(10)5(4-9)14-8(7)11/h1-5,9H;5-11H,2-4H2,1H3/t;5-,6-,7-,8?/m.1/s1. The minimum absolute atomic E-state index is 0.127. The molecule has 1 aliphatic heterocycles. The van der Waals surface area contributed by atoms with Crippen LogP contribution in [0.1, 0.15) is 0 Å². The monoisotopic (exact) mass is 370 g/mol. The molecule has 1 aromatic carbocycles. The van der Waals surface area contributed by atoms with Crippen molar-refractivity contribution < 1.29 is 34.5 Å². The maximum Gasteiger partial charge on any atom is 0.270 e. The number of ether oxygens (including phenoxy) is 3. The van der Waals surface area contributed by atoms with Crippen LogP contribution in [0.15, 0.2) is 30.5 Å². The van der Waals surface area contributed by atoms with E-state index in [1.165, 1.54) is 13.2 Å². The van der Waals surface area contributed by atoms with Crippen molar-refractivity contribution >= 4 is 16.6 Å². The number of nitrogens with zero attached hydrogens (tertiary/aromatic N) is 1. The second kappa shape index (κ2) is 9.57. The highest BCUT2D eigenvalue weighted by Crippen LogP contribution is 2.22. The van der Waals surface area contributed by atoms with Gasteiger partial charge in [-0.25, -0.2) is 0 Å². The first-order chi connectivity index (χ1) is 12.5. The van der Waals surface area contributed by atoms with Gasteiger partial charge in [0, 0.05) is 36.3 Å². The predicted molar refractivity (Wildman–Crippen MR) is 90.5 cm³/mol. The molecular weight excluding hydrogens is 348 g/mol. The average Bonchev–Trinajstić information content (AvgIpc) is 3.20. The summed E-state index contributed by atoms with van der Waals surface area (Å²) in [4.78, 5) is 12.9. The third-order valence-electron chi connectivity index (χ3n) is 3.84.